The molecule has 0 amide bonds. The van der Waals surface area contributed by atoms with E-state index in [-0.39, 0.29) is 0 Å². The van der Waals surface area contributed by atoms with Gasteiger partial charge >= 0.3 is 6.18 Å². The summed E-state index contributed by atoms with van der Waals surface area (Å²) in [5.41, 5.74) is 3.69. The number of hydrogen-bond acceptors (Lipinski definition) is 3. The molecule has 4 aromatic rings. The van der Waals surface area contributed by atoms with E-state index in [4.69, 9.17) is 4.98 Å². The number of nitrogens with one attached hydrogen (secondary N) is 1. The van der Waals surface area contributed by atoms with Crippen molar-refractivity contribution < 1.29 is 18.3 Å². The van der Waals surface area contributed by atoms with E-state index in [1.807, 2.05) is 12.1 Å². The maximum absolute atomic E-state index is 13.3. The molecule has 0 radical (unpaired) electrons. The third-order valence-electron chi connectivity index (χ3n) is 5.47. The number of phenols is 1. The molecule has 28 heavy (non-hydrogen) atoms. The summed E-state index contributed by atoms with van der Waals surface area (Å²) >= 11 is 0. The number of nitrogens with zero attached hydrogens (tertiary/aromatic N) is 2. The fourth-order valence-corrected chi connectivity index (χ4v) is 4.20. The predicted molar refractivity (Wildman–Crippen MR) is 100 cm³/mol. The lowest BCUT2D eigenvalue weighted by Gasteiger charge is -2.22. The number of pyridine rings is 1. The Hall–Kier alpha value is -3.09. The Bertz CT molecular complexity index is 1230. The number of aromatic hydroxyl groups is 1. The molecule has 0 atom stereocenters. The van der Waals surface area contributed by atoms with Crippen LogP contribution in [-0.4, -0.2) is 20.3 Å². The van der Waals surface area contributed by atoms with E-state index in [1.54, 1.807) is 6.20 Å². The molecular weight excluding hydrogens is 367 g/mol. The van der Waals surface area contributed by atoms with E-state index in [2.05, 4.69) is 10.2 Å². The monoisotopic (exact) mass is 383 g/mol. The molecule has 0 unspecified atom stereocenters. The van der Waals surface area contributed by atoms with Gasteiger partial charge in [0.15, 0.2) is 0 Å². The lowest BCUT2D eigenvalue weighted by molar-refractivity contribution is -0.138. The van der Waals surface area contributed by atoms with Crippen LogP contribution in [0.25, 0.3) is 33.1 Å². The Morgan fingerprint density at radius 2 is 1.79 bits per heavy atom. The van der Waals surface area contributed by atoms with Crippen LogP contribution >= 0.6 is 0 Å². The largest absolute Gasteiger partial charge is 0.507 e. The number of aryl methyl sites for hydroxylation is 1. The molecule has 1 aliphatic rings. The zero-order chi connectivity index (χ0) is 19.5. The van der Waals surface area contributed by atoms with Crippen molar-refractivity contribution in [3.05, 3.63) is 53.2 Å². The second-order valence-corrected chi connectivity index (χ2v) is 7.15. The van der Waals surface area contributed by atoms with Gasteiger partial charge in [-0.15, -0.1) is 0 Å². The maximum Gasteiger partial charge on any atom is 0.419 e. The summed E-state index contributed by atoms with van der Waals surface area (Å²) in [6.07, 6.45) is 0.776. The summed E-state index contributed by atoms with van der Waals surface area (Å²) in [4.78, 5) is 4.75. The van der Waals surface area contributed by atoms with Crippen LogP contribution in [0.3, 0.4) is 0 Å². The first-order valence-electron chi connectivity index (χ1n) is 9.11. The number of H-pyrrole nitrogens is 1. The molecule has 7 heteroatoms. The number of alkyl halides is 3. The topological polar surface area (TPSA) is 61.8 Å². The van der Waals surface area contributed by atoms with Crippen LogP contribution in [0.1, 0.15) is 29.5 Å². The number of phenolic OH excluding ortho intramolecular Hbond substituents is 1. The quantitative estimate of drug-likeness (QED) is 0.464. The van der Waals surface area contributed by atoms with Crippen LogP contribution in [0.2, 0.25) is 0 Å². The first-order valence-corrected chi connectivity index (χ1v) is 9.11. The second-order valence-electron chi connectivity index (χ2n) is 7.15. The van der Waals surface area contributed by atoms with Crippen LogP contribution in [-0.2, 0) is 19.0 Å². The molecule has 4 nitrogen and oxygen atoms in total. The van der Waals surface area contributed by atoms with Gasteiger partial charge in [0.2, 0.25) is 0 Å². The molecule has 2 N–H and O–H groups in total. The molecule has 0 aliphatic heterocycles. The molecule has 0 saturated heterocycles. The molecule has 0 bridgehead atoms. The summed E-state index contributed by atoms with van der Waals surface area (Å²) < 4.78 is 39.9. The van der Waals surface area contributed by atoms with Crippen molar-refractivity contribution in [2.75, 3.05) is 0 Å². The van der Waals surface area contributed by atoms with Gasteiger partial charge in [0.1, 0.15) is 5.75 Å². The zero-order valence-corrected chi connectivity index (χ0v) is 14.8. The van der Waals surface area contributed by atoms with Gasteiger partial charge in [-0.3, -0.25) is 5.10 Å². The third kappa shape index (κ3) is 2.53. The van der Waals surface area contributed by atoms with Gasteiger partial charge in [0.05, 0.1) is 28.5 Å². The normalized spacial score (nSPS) is 14.5. The van der Waals surface area contributed by atoms with Crippen LogP contribution in [0.15, 0.2) is 36.5 Å². The molecule has 0 spiro atoms. The minimum atomic E-state index is -4.63. The highest BCUT2D eigenvalue weighted by molar-refractivity contribution is 6.07. The Kier molecular flexibility index (Phi) is 3.62. The summed E-state index contributed by atoms with van der Waals surface area (Å²) in [6.45, 7) is 0. The third-order valence-corrected chi connectivity index (χ3v) is 5.47. The van der Waals surface area contributed by atoms with Crippen molar-refractivity contribution in [1.82, 2.24) is 15.2 Å². The Morgan fingerprint density at radius 3 is 2.57 bits per heavy atom. The van der Waals surface area contributed by atoms with E-state index in [9.17, 15) is 18.3 Å². The van der Waals surface area contributed by atoms with E-state index in [1.165, 1.54) is 6.07 Å². The number of halogens is 3. The van der Waals surface area contributed by atoms with Crippen molar-refractivity contribution >= 4 is 21.8 Å². The number of fused-ring (bicyclic) bond motifs is 5. The van der Waals surface area contributed by atoms with Crippen LogP contribution in [0, 0.1) is 0 Å². The van der Waals surface area contributed by atoms with Gasteiger partial charge in [-0.1, -0.05) is 0 Å². The van der Waals surface area contributed by atoms with E-state index >= 15 is 0 Å². The van der Waals surface area contributed by atoms with Crippen LogP contribution in [0.4, 0.5) is 13.2 Å². The van der Waals surface area contributed by atoms with Crippen LogP contribution in [0.5, 0.6) is 5.75 Å². The van der Waals surface area contributed by atoms with Gasteiger partial charge in [0.25, 0.3) is 0 Å². The molecule has 0 saturated carbocycles. The smallest absolute Gasteiger partial charge is 0.419 e. The summed E-state index contributed by atoms with van der Waals surface area (Å²) in [5.74, 6) is -0.772. The molecule has 2 aromatic heterocycles. The summed E-state index contributed by atoms with van der Waals surface area (Å²) in [6, 6.07) is 7.35. The first-order chi connectivity index (χ1) is 13.4. The highest BCUT2D eigenvalue weighted by Gasteiger charge is 2.34. The number of hydrogen-bond donors (Lipinski definition) is 2. The van der Waals surface area contributed by atoms with Crippen molar-refractivity contribution in [3.63, 3.8) is 0 Å². The summed E-state index contributed by atoms with van der Waals surface area (Å²) in [7, 11) is 0. The highest BCUT2D eigenvalue weighted by Crippen LogP contribution is 2.41. The minimum absolute atomic E-state index is 0.373. The molecule has 142 valence electrons. The van der Waals surface area contributed by atoms with Crippen molar-refractivity contribution in [3.8, 4) is 17.0 Å². The lowest BCUT2D eigenvalue weighted by atomic mass is 9.85. The van der Waals surface area contributed by atoms with Crippen LogP contribution < -0.4 is 0 Å². The van der Waals surface area contributed by atoms with Crippen molar-refractivity contribution in [2.45, 2.75) is 31.9 Å². The predicted octanol–water partition coefficient (Wildman–Crippen LogP) is 5.38. The standard InChI is InChI=1S/C21H16F3N3O/c22-21(23,24)15-9-11(5-8-18(15)28)20-13-4-2-1-3-12(13)19-14-10-25-27-16(14)6-7-17(19)26-20/h5-10,28H,1-4H2,(H,25,27). The Labute approximate surface area is 158 Å². The second kappa shape index (κ2) is 5.95. The van der Waals surface area contributed by atoms with E-state index in [0.717, 1.165) is 70.7 Å². The fourth-order valence-electron chi connectivity index (χ4n) is 4.20. The van der Waals surface area contributed by atoms with Gasteiger partial charge in [0, 0.05) is 16.3 Å². The molecule has 0 fully saturated rings. The zero-order valence-electron chi connectivity index (χ0n) is 14.8. The highest BCUT2D eigenvalue weighted by atomic mass is 19.4. The van der Waals surface area contributed by atoms with E-state index < -0.39 is 17.5 Å². The van der Waals surface area contributed by atoms with Crippen molar-refractivity contribution in [1.29, 1.82) is 0 Å². The number of aromatic nitrogens is 3. The average Bonchev–Trinajstić information content (AvgIpc) is 3.15. The molecule has 1 aliphatic carbocycles. The number of benzene rings is 2. The molecular formula is C21H16F3N3O. The molecule has 2 aromatic carbocycles. The summed E-state index contributed by atoms with van der Waals surface area (Å²) in [5, 5.41) is 18.8. The lowest BCUT2D eigenvalue weighted by Crippen LogP contribution is -2.09. The maximum atomic E-state index is 13.3. The van der Waals surface area contributed by atoms with Gasteiger partial charge in [-0.2, -0.15) is 18.3 Å². The van der Waals surface area contributed by atoms with Gasteiger partial charge in [-0.05, 0) is 67.1 Å². The molecule has 2 heterocycles. The SMILES string of the molecule is Oc1ccc(-c2nc3ccc4[nH]ncc4c3c3c2CCCC3)cc1C(F)(F)F. The average molecular weight is 383 g/mol. The fraction of sp³-hybridized carbons (Fsp3) is 0.238. The van der Waals surface area contributed by atoms with E-state index in [0.29, 0.717) is 11.3 Å². The first kappa shape index (κ1) is 17.0. The number of rotatable bonds is 1. The number of aromatic amines is 1. The Balaban J connectivity index is 1.83. The molecule has 5 rings (SSSR count). The van der Waals surface area contributed by atoms with Crippen molar-refractivity contribution in [2.24, 2.45) is 0 Å². The minimum Gasteiger partial charge on any atom is -0.507 e. The van der Waals surface area contributed by atoms with Gasteiger partial charge in [-0.25, -0.2) is 4.98 Å². The van der Waals surface area contributed by atoms with Gasteiger partial charge < -0.3 is 5.11 Å². The Morgan fingerprint density at radius 1 is 1.00 bits per heavy atom.